The van der Waals surface area contributed by atoms with E-state index in [1.165, 1.54) is 6.07 Å². The van der Waals surface area contributed by atoms with Gasteiger partial charge in [0.05, 0.1) is 17.3 Å². The van der Waals surface area contributed by atoms with E-state index >= 15 is 0 Å². The van der Waals surface area contributed by atoms with Gasteiger partial charge in [0, 0.05) is 31.8 Å². The molecule has 2 aromatic heterocycles. The Hall–Kier alpha value is -2.63. The lowest BCUT2D eigenvalue weighted by Crippen LogP contribution is -2.05. The Balaban J connectivity index is 1.93. The predicted molar refractivity (Wildman–Crippen MR) is 86.4 cm³/mol. The quantitative estimate of drug-likeness (QED) is 0.760. The van der Waals surface area contributed by atoms with Crippen molar-refractivity contribution >= 4 is 22.5 Å². The van der Waals surface area contributed by atoms with Gasteiger partial charge in [-0.3, -0.25) is 4.68 Å². The fraction of sp³-hybridized carbons (Fsp3) is 0.250. The molecule has 3 aromatic rings. The molecular weight excluding hydrogens is 281 g/mol. The SMILES string of the molecule is CCNc1cc(NCc2ccccc2F)c2cnn(C)c2n1. The molecule has 1 aromatic carbocycles. The van der Waals surface area contributed by atoms with Crippen molar-refractivity contribution in [2.75, 3.05) is 17.2 Å². The lowest BCUT2D eigenvalue weighted by molar-refractivity contribution is 0.613. The molecule has 0 saturated carbocycles. The zero-order chi connectivity index (χ0) is 15.5. The van der Waals surface area contributed by atoms with E-state index < -0.39 is 0 Å². The number of aromatic nitrogens is 3. The first-order valence-electron chi connectivity index (χ1n) is 7.23. The van der Waals surface area contributed by atoms with Crippen molar-refractivity contribution in [2.45, 2.75) is 13.5 Å². The van der Waals surface area contributed by atoms with Crippen LogP contribution in [0.4, 0.5) is 15.9 Å². The monoisotopic (exact) mass is 299 g/mol. The number of nitrogens with zero attached hydrogens (tertiary/aromatic N) is 3. The maximum Gasteiger partial charge on any atom is 0.161 e. The molecule has 0 spiro atoms. The molecule has 3 rings (SSSR count). The molecule has 0 radical (unpaired) electrons. The van der Waals surface area contributed by atoms with E-state index in [-0.39, 0.29) is 5.82 Å². The summed E-state index contributed by atoms with van der Waals surface area (Å²) in [5.74, 6) is 0.563. The van der Waals surface area contributed by atoms with Gasteiger partial charge in [-0.25, -0.2) is 9.37 Å². The van der Waals surface area contributed by atoms with E-state index in [9.17, 15) is 4.39 Å². The number of hydrogen-bond donors (Lipinski definition) is 2. The Labute approximate surface area is 128 Å². The molecule has 0 unspecified atom stereocenters. The number of benzene rings is 1. The van der Waals surface area contributed by atoms with Gasteiger partial charge >= 0.3 is 0 Å². The molecule has 0 amide bonds. The summed E-state index contributed by atoms with van der Waals surface area (Å²) in [5, 5.41) is 11.6. The van der Waals surface area contributed by atoms with Gasteiger partial charge in [0.2, 0.25) is 0 Å². The van der Waals surface area contributed by atoms with E-state index in [0.717, 1.165) is 29.1 Å². The van der Waals surface area contributed by atoms with Crippen LogP contribution in [0.2, 0.25) is 0 Å². The first-order chi connectivity index (χ1) is 10.7. The van der Waals surface area contributed by atoms with Gasteiger partial charge < -0.3 is 10.6 Å². The second-order valence-corrected chi connectivity index (χ2v) is 5.04. The van der Waals surface area contributed by atoms with Gasteiger partial charge in [-0.2, -0.15) is 5.10 Å². The minimum Gasteiger partial charge on any atom is -0.380 e. The number of anilines is 2. The maximum atomic E-state index is 13.7. The normalized spacial score (nSPS) is 10.9. The van der Waals surface area contributed by atoms with Crippen LogP contribution in [-0.2, 0) is 13.6 Å². The van der Waals surface area contributed by atoms with Crippen molar-refractivity contribution in [3.63, 3.8) is 0 Å². The summed E-state index contributed by atoms with van der Waals surface area (Å²) in [6.07, 6.45) is 1.77. The predicted octanol–water partition coefficient (Wildman–Crippen LogP) is 3.15. The molecule has 6 heteroatoms. The van der Waals surface area contributed by atoms with Crippen molar-refractivity contribution in [1.82, 2.24) is 14.8 Å². The van der Waals surface area contributed by atoms with Crippen LogP contribution in [0.3, 0.4) is 0 Å². The first kappa shape index (κ1) is 14.3. The fourth-order valence-electron chi connectivity index (χ4n) is 2.36. The second-order valence-electron chi connectivity index (χ2n) is 5.04. The standard InChI is InChI=1S/C16H18FN5/c1-3-18-15-8-14(12-10-20-22(2)16(12)21-15)19-9-11-6-4-5-7-13(11)17/h4-8,10H,3,9H2,1-2H3,(H2,18,19,21). The van der Waals surface area contributed by atoms with Crippen molar-refractivity contribution < 1.29 is 4.39 Å². The van der Waals surface area contributed by atoms with Crippen LogP contribution < -0.4 is 10.6 Å². The summed E-state index contributed by atoms with van der Waals surface area (Å²) in [6, 6.07) is 8.68. The molecule has 0 aliphatic carbocycles. The van der Waals surface area contributed by atoms with Gasteiger partial charge in [-0.15, -0.1) is 0 Å². The highest BCUT2D eigenvalue weighted by atomic mass is 19.1. The molecular formula is C16H18FN5. The molecule has 0 atom stereocenters. The molecule has 0 fully saturated rings. The lowest BCUT2D eigenvalue weighted by atomic mass is 10.2. The summed E-state index contributed by atoms with van der Waals surface area (Å²) in [4.78, 5) is 4.53. The van der Waals surface area contributed by atoms with E-state index in [0.29, 0.717) is 12.1 Å². The Kier molecular flexibility index (Phi) is 3.91. The van der Waals surface area contributed by atoms with Crippen molar-refractivity contribution in [2.24, 2.45) is 7.05 Å². The van der Waals surface area contributed by atoms with Gasteiger partial charge in [-0.1, -0.05) is 18.2 Å². The number of aryl methyl sites for hydroxylation is 1. The van der Waals surface area contributed by atoms with Crippen LogP contribution in [0.5, 0.6) is 0 Å². The molecule has 0 saturated heterocycles. The summed E-state index contributed by atoms with van der Waals surface area (Å²) in [6.45, 7) is 3.21. The molecule has 0 aliphatic rings. The van der Waals surface area contributed by atoms with Gasteiger partial charge in [0.15, 0.2) is 5.65 Å². The van der Waals surface area contributed by atoms with Crippen LogP contribution in [0, 0.1) is 5.82 Å². The Morgan fingerprint density at radius 1 is 1.23 bits per heavy atom. The van der Waals surface area contributed by atoms with E-state index in [1.807, 2.05) is 26.1 Å². The molecule has 114 valence electrons. The summed E-state index contributed by atoms with van der Waals surface area (Å²) in [5.41, 5.74) is 2.30. The van der Waals surface area contributed by atoms with Gasteiger partial charge in [0.25, 0.3) is 0 Å². The maximum absolute atomic E-state index is 13.7. The Morgan fingerprint density at radius 3 is 2.82 bits per heavy atom. The van der Waals surface area contributed by atoms with Crippen molar-refractivity contribution in [1.29, 1.82) is 0 Å². The average molecular weight is 299 g/mol. The van der Waals surface area contributed by atoms with Crippen LogP contribution in [0.1, 0.15) is 12.5 Å². The van der Waals surface area contributed by atoms with Crippen molar-refractivity contribution in [3.8, 4) is 0 Å². The number of halogens is 1. The highest BCUT2D eigenvalue weighted by molar-refractivity contribution is 5.90. The highest BCUT2D eigenvalue weighted by Gasteiger charge is 2.10. The van der Waals surface area contributed by atoms with E-state index in [2.05, 4.69) is 20.7 Å². The highest BCUT2D eigenvalue weighted by Crippen LogP contribution is 2.25. The van der Waals surface area contributed by atoms with Crippen LogP contribution in [-0.4, -0.2) is 21.3 Å². The Morgan fingerprint density at radius 2 is 2.05 bits per heavy atom. The van der Waals surface area contributed by atoms with E-state index in [4.69, 9.17) is 0 Å². The minimum atomic E-state index is -0.210. The van der Waals surface area contributed by atoms with Gasteiger partial charge in [0.1, 0.15) is 11.6 Å². The first-order valence-corrected chi connectivity index (χ1v) is 7.23. The summed E-state index contributed by atoms with van der Waals surface area (Å²) >= 11 is 0. The third-order valence-corrected chi connectivity index (χ3v) is 3.49. The molecule has 22 heavy (non-hydrogen) atoms. The molecule has 0 aliphatic heterocycles. The number of rotatable bonds is 5. The molecule has 5 nitrogen and oxygen atoms in total. The molecule has 2 N–H and O–H groups in total. The third-order valence-electron chi connectivity index (χ3n) is 3.49. The van der Waals surface area contributed by atoms with Crippen LogP contribution >= 0.6 is 0 Å². The number of nitrogens with one attached hydrogen (secondary N) is 2. The van der Waals surface area contributed by atoms with Crippen LogP contribution in [0.25, 0.3) is 11.0 Å². The zero-order valence-electron chi connectivity index (χ0n) is 12.6. The molecule has 2 heterocycles. The smallest absolute Gasteiger partial charge is 0.161 e. The third kappa shape index (κ3) is 2.72. The number of hydrogen-bond acceptors (Lipinski definition) is 4. The van der Waals surface area contributed by atoms with Crippen LogP contribution in [0.15, 0.2) is 36.5 Å². The lowest BCUT2D eigenvalue weighted by Gasteiger charge is -2.11. The average Bonchev–Trinajstić information content (AvgIpc) is 2.88. The second kappa shape index (κ2) is 6.01. The topological polar surface area (TPSA) is 54.8 Å². The Bertz CT molecular complexity index is 796. The largest absolute Gasteiger partial charge is 0.380 e. The number of fused-ring (bicyclic) bond motifs is 1. The fourth-order valence-corrected chi connectivity index (χ4v) is 2.36. The molecule has 0 bridgehead atoms. The van der Waals surface area contributed by atoms with E-state index in [1.54, 1.807) is 23.0 Å². The number of pyridine rings is 1. The minimum absolute atomic E-state index is 0.210. The zero-order valence-corrected chi connectivity index (χ0v) is 12.6. The van der Waals surface area contributed by atoms with Crippen molar-refractivity contribution in [3.05, 3.63) is 47.9 Å². The summed E-state index contributed by atoms with van der Waals surface area (Å²) < 4.78 is 15.5. The summed E-state index contributed by atoms with van der Waals surface area (Å²) in [7, 11) is 1.85. The van der Waals surface area contributed by atoms with Gasteiger partial charge in [-0.05, 0) is 13.0 Å².